The normalized spacial score (nSPS) is 11.7. The van der Waals surface area contributed by atoms with Crippen molar-refractivity contribution in [1.82, 2.24) is 25.4 Å². The van der Waals surface area contributed by atoms with E-state index in [9.17, 15) is 4.79 Å². The Hall–Kier alpha value is -3.78. The number of rotatable bonds is 10. The summed E-state index contributed by atoms with van der Waals surface area (Å²) in [4.78, 5) is 13.2. The first kappa shape index (κ1) is 28.7. The average Bonchev–Trinajstić information content (AvgIpc) is 3.39. The first-order valence-electron chi connectivity index (χ1n) is 13.2. The summed E-state index contributed by atoms with van der Waals surface area (Å²) in [5.74, 6) is 1.26. The molecule has 0 aliphatic rings. The molecule has 1 unspecified atom stereocenters. The molecule has 9 heteroatoms. The Labute approximate surface area is 254 Å². The van der Waals surface area contributed by atoms with Crippen LogP contribution in [0.1, 0.15) is 34.1 Å². The summed E-state index contributed by atoms with van der Waals surface area (Å²) >= 11 is 14.5. The smallest absolute Gasteiger partial charge is 0.315 e. The molecule has 1 atom stereocenters. The van der Waals surface area contributed by atoms with Crippen LogP contribution in [0.25, 0.3) is 5.69 Å². The minimum atomic E-state index is -0.499. The number of carbonyl (C=O) groups is 1. The number of aryl methyl sites for hydroxylation is 1. The number of aromatic nitrogens is 3. The van der Waals surface area contributed by atoms with Gasteiger partial charge in [0, 0.05) is 23.7 Å². The van der Waals surface area contributed by atoms with Gasteiger partial charge in [-0.2, -0.15) is 0 Å². The molecule has 1 heterocycles. The van der Waals surface area contributed by atoms with E-state index >= 15 is 0 Å². The van der Waals surface area contributed by atoms with Crippen LogP contribution in [0.5, 0.6) is 0 Å². The van der Waals surface area contributed by atoms with Gasteiger partial charge in [-0.15, -0.1) is 10.2 Å². The summed E-state index contributed by atoms with van der Waals surface area (Å²) in [7, 11) is 0. The molecular formula is C32H29Cl2N5OS. The quantitative estimate of drug-likeness (QED) is 0.159. The molecule has 0 aliphatic carbocycles. The van der Waals surface area contributed by atoms with Crippen LogP contribution in [-0.2, 0) is 18.7 Å². The van der Waals surface area contributed by atoms with Crippen molar-refractivity contribution in [2.24, 2.45) is 0 Å². The fourth-order valence-corrected chi connectivity index (χ4v) is 5.87. The highest BCUT2D eigenvalue weighted by Gasteiger charge is 2.26. The van der Waals surface area contributed by atoms with E-state index in [2.05, 4.69) is 46.0 Å². The third-order valence-electron chi connectivity index (χ3n) is 6.45. The Morgan fingerprint density at radius 2 is 1.56 bits per heavy atom. The molecule has 0 fully saturated rings. The van der Waals surface area contributed by atoms with Gasteiger partial charge in [0.1, 0.15) is 0 Å². The second kappa shape index (κ2) is 13.7. The summed E-state index contributed by atoms with van der Waals surface area (Å²) in [6, 6.07) is 32.7. The fourth-order valence-electron chi connectivity index (χ4n) is 4.48. The lowest BCUT2D eigenvalue weighted by Gasteiger charge is -2.21. The molecule has 2 amide bonds. The second-order valence-corrected chi connectivity index (χ2v) is 11.4. The number of thioether (sulfide) groups is 1. The van der Waals surface area contributed by atoms with Crippen LogP contribution in [-0.4, -0.2) is 20.8 Å². The molecule has 0 spiro atoms. The van der Waals surface area contributed by atoms with E-state index < -0.39 is 6.04 Å². The number of urea groups is 1. The van der Waals surface area contributed by atoms with E-state index in [0.717, 1.165) is 11.1 Å². The van der Waals surface area contributed by atoms with Crippen molar-refractivity contribution in [2.75, 3.05) is 0 Å². The lowest BCUT2D eigenvalue weighted by molar-refractivity contribution is 0.236. The van der Waals surface area contributed by atoms with Gasteiger partial charge in [0.15, 0.2) is 11.0 Å². The maximum Gasteiger partial charge on any atom is 0.315 e. The molecule has 6 nitrogen and oxygen atoms in total. The van der Waals surface area contributed by atoms with Crippen LogP contribution >= 0.6 is 35.0 Å². The van der Waals surface area contributed by atoms with E-state index in [1.54, 1.807) is 23.9 Å². The van der Waals surface area contributed by atoms with Crippen molar-refractivity contribution < 1.29 is 4.79 Å². The molecule has 5 rings (SSSR count). The summed E-state index contributed by atoms with van der Waals surface area (Å²) in [6.45, 7) is 2.48. The van der Waals surface area contributed by atoms with E-state index in [-0.39, 0.29) is 6.03 Å². The van der Waals surface area contributed by atoms with Gasteiger partial charge in [-0.3, -0.25) is 4.57 Å². The van der Waals surface area contributed by atoms with E-state index in [1.807, 2.05) is 77.4 Å². The van der Waals surface area contributed by atoms with Crippen LogP contribution in [0.3, 0.4) is 0 Å². The van der Waals surface area contributed by atoms with Crippen LogP contribution < -0.4 is 10.6 Å². The minimum absolute atomic E-state index is 0.305. The van der Waals surface area contributed by atoms with Crippen molar-refractivity contribution in [2.45, 2.75) is 36.8 Å². The molecule has 41 heavy (non-hydrogen) atoms. The molecule has 0 bridgehead atoms. The highest BCUT2D eigenvalue weighted by Crippen LogP contribution is 2.33. The van der Waals surface area contributed by atoms with Crippen molar-refractivity contribution in [1.29, 1.82) is 0 Å². The van der Waals surface area contributed by atoms with Crippen molar-refractivity contribution in [3.05, 3.63) is 141 Å². The van der Waals surface area contributed by atoms with Gasteiger partial charge in [-0.25, -0.2) is 4.79 Å². The number of amides is 2. The molecular weight excluding hydrogens is 573 g/mol. The van der Waals surface area contributed by atoms with Crippen LogP contribution in [0.2, 0.25) is 10.0 Å². The van der Waals surface area contributed by atoms with Gasteiger partial charge < -0.3 is 10.6 Å². The number of halogens is 2. The summed E-state index contributed by atoms with van der Waals surface area (Å²) in [5.41, 5.74) is 5.11. The summed E-state index contributed by atoms with van der Waals surface area (Å²) in [6.07, 6.45) is 0.505. The predicted octanol–water partition coefficient (Wildman–Crippen LogP) is 7.96. The Morgan fingerprint density at radius 3 is 2.27 bits per heavy atom. The zero-order chi connectivity index (χ0) is 28.6. The zero-order valence-corrected chi connectivity index (χ0v) is 24.8. The summed E-state index contributed by atoms with van der Waals surface area (Å²) < 4.78 is 1.92. The Kier molecular flexibility index (Phi) is 9.62. The van der Waals surface area contributed by atoms with Crippen LogP contribution in [0.4, 0.5) is 4.79 Å². The standard InChI is InChI=1S/C32H29Cl2N5OS/c1-22-9-8-14-25(17-22)21-41-32-38-37-30(39(32)29-16-15-26(33)19-27(29)34)28(18-23-10-4-2-5-11-23)36-31(40)35-20-24-12-6-3-7-13-24/h2-17,19,28H,18,20-21H2,1H3,(H2,35,36,40). The van der Waals surface area contributed by atoms with Gasteiger partial charge in [0.05, 0.1) is 16.8 Å². The molecule has 4 aromatic carbocycles. The number of hydrogen-bond acceptors (Lipinski definition) is 4. The van der Waals surface area contributed by atoms with E-state index in [1.165, 1.54) is 11.1 Å². The number of nitrogens with zero attached hydrogens (tertiary/aromatic N) is 3. The molecule has 0 aliphatic heterocycles. The monoisotopic (exact) mass is 601 g/mol. The SMILES string of the molecule is Cc1cccc(CSc2nnc(C(Cc3ccccc3)NC(=O)NCc3ccccc3)n2-c2ccc(Cl)cc2Cl)c1. The van der Waals surface area contributed by atoms with Gasteiger partial charge in [0.2, 0.25) is 0 Å². The van der Waals surface area contributed by atoms with E-state index in [4.69, 9.17) is 23.2 Å². The van der Waals surface area contributed by atoms with E-state index in [0.29, 0.717) is 45.4 Å². The zero-order valence-electron chi connectivity index (χ0n) is 22.4. The largest absolute Gasteiger partial charge is 0.334 e. The molecule has 0 saturated carbocycles. The number of nitrogens with one attached hydrogen (secondary N) is 2. The Balaban J connectivity index is 1.49. The summed E-state index contributed by atoms with van der Waals surface area (Å²) in [5, 5.41) is 16.9. The lowest BCUT2D eigenvalue weighted by atomic mass is 10.1. The topological polar surface area (TPSA) is 71.8 Å². The van der Waals surface area contributed by atoms with Crippen LogP contribution in [0.15, 0.2) is 108 Å². The average molecular weight is 603 g/mol. The fraction of sp³-hybridized carbons (Fsp3) is 0.156. The van der Waals surface area contributed by atoms with Crippen molar-refractivity contribution in [3.63, 3.8) is 0 Å². The first-order chi connectivity index (χ1) is 20.0. The van der Waals surface area contributed by atoms with Crippen molar-refractivity contribution >= 4 is 41.0 Å². The van der Waals surface area contributed by atoms with Gasteiger partial charge in [-0.1, -0.05) is 125 Å². The molecule has 2 N–H and O–H groups in total. The Morgan fingerprint density at radius 1 is 0.854 bits per heavy atom. The maximum absolute atomic E-state index is 13.2. The third kappa shape index (κ3) is 7.70. The highest BCUT2D eigenvalue weighted by atomic mass is 35.5. The molecule has 1 aromatic heterocycles. The number of carbonyl (C=O) groups excluding carboxylic acids is 1. The van der Waals surface area contributed by atoms with Gasteiger partial charge in [-0.05, 0) is 41.8 Å². The third-order valence-corrected chi connectivity index (χ3v) is 7.99. The highest BCUT2D eigenvalue weighted by molar-refractivity contribution is 7.98. The molecule has 0 saturated heterocycles. The molecule has 208 valence electrons. The lowest BCUT2D eigenvalue weighted by Crippen LogP contribution is -2.39. The number of hydrogen-bond donors (Lipinski definition) is 2. The minimum Gasteiger partial charge on any atom is -0.334 e. The van der Waals surface area contributed by atoms with Gasteiger partial charge >= 0.3 is 6.03 Å². The maximum atomic E-state index is 13.2. The first-order valence-corrected chi connectivity index (χ1v) is 14.9. The van der Waals surface area contributed by atoms with Crippen LogP contribution in [0, 0.1) is 6.92 Å². The molecule has 5 aromatic rings. The Bertz CT molecular complexity index is 1610. The molecule has 0 radical (unpaired) electrons. The van der Waals surface area contributed by atoms with Crippen molar-refractivity contribution in [3.8, 4) is 5.69 Å². The number of benzene rings is 4. The predicted molar refractivity (Wildman–Crippen MR) is 167 cm³/mol. The second-order valence-electron chi connectivity index (χ2n) is 9.60. The van der Waals surface area contributed by atoms with Gasteiger partial charge in [0.25, 0.3) is 0 Å².